The van der Waals surface area contributed by atoms with Crippen molar-refractivity contribution in [3.05, 3.63) is 29.8 Å². The van der Waals surface area contributed by atoms with E-state index in [1.54, 1.807) is 24.3 Å². The number of benzene rings is 1. The Labute approximate surface area is 79.8 Å². The van der Waals surface area contributed by atoms with Gasteiger partial charge in [-0.1, -0.05) is 18.2 Å². The number of thioether (sulfide) groups is 1. The molecular formula is C9H10F2OS. The van der Waals surface area contributed by atoms with E-state index in [-0.39, 0.29) is 12.4 Å². The van der Waals surface area contributed by atoms with Gasteiger partial charge >= 0.3 is 0 Å². The van der Waals surface area contributed by atoms with Gasteiger partial charge in [0.1, 0.15) is 0 Å². The minimum absolute atomic E-state index is 0.105. The van der Waals surface area contributed by atoms with Crippen molar-refractivity contribution in [3.63, 3.8) is 0 Å². The summed E-state index contributed by atoms with van der Waals surface area (Å²) >= 11 is 1.07. The first-order valence-corrected chi connectivity index (χ1v) is 4.82. The van der Waals surface area contributed by atoms with Crippen LogP contribution in [0.25, 0.3) is 0 Å². The van der Waals surface area contributed by atoms with E-state index in [4.69, 9.17) is 5.11 Å². The van der Waals surface area contributed by atoms with Crippen LogP contribution in [-0.4, -0.2) is 17.3 Å². The lowest BCUT2D eigenvalue weighted by Gasteiger charge is -2.05. The second-order valence-electron chi connectivity index (χ2n) is 2.47. The number of hydrogen-bond acceptors (Lipinski definition) is 2. The third-order valence-corrected chi connectivity index (χ3v) is 2.64. The Hall–Kier alpha value is -0.610. The Morgan fingerprint density at radius 1 is 1.31 bits per heavy atom. The monoisotopic (exact) mass is 204 g/mol. The number of rotatable bonds is 4. The molecule has 1 aromatic carbocycles. The van der Waals surface area contributed by atoms with E-state index in [1.165, 1.54) is 0 Å². The lowest BCUT2D eigenvalue weighted by Crippen LogP contribution is -1.95. The van der Waals surface area contributed by atoms with E-state index in [2.05, 4.69) is 0 Å². The number of alkyl halides is 2. The zero-order chi connectivity index (χ0) is 9.68. The van der Waals surface area contributed by atoms with E-state index in [1.807, 2.05) is 0 Å². The molecule has 0 heterocycles. The molecule has 1 aromatic rings. The van der Waals surface area contributed by atoms with Crippen LogP contribution in [0.4, 0.5) is 8.78 Å². The fourth-order valence-electron chi connectivity index (χ4n) is 0.928. The average Bonchev–Trinajstić information content (AvgIpc) is 2.15. The molecule has 0 aliphatic carbocycles. The van der Waals surface area contributed by atoms with Crippen molar-refractivity contribution in [1.82, 2.24) is 0 Å². The van der Waals surface area contributed by atoms with Gasteiger partial charge in [-0.2, -0.15) is 0 Å². The summed E-state index contributed by atoms with van der Waals surface area (Å²) in [5.41, 5.74) is 0.702. The molecule has 1 nitrogen and oxygen atoms in total. The van der Waals surface area contributed by atoms with Gasteiger partial charge in [0.15, 0.2) is 0 Å². The van der Waals surface area contributed by atoms with Gasteiger partial charge in [0.25, 0.3) is 0 Å². The van der Waals surface area contributed by atoms with Crippen molar-refractivity contribution in [2.24, 2.45) is 0 Å². The summed E-state index contributed by atoms with van der Waals surface area (Å²) in [6.07, 6.45) is -2.31. The Bertz CT molecular complexity index is 266. The molecule has 13 heavy (non-hydrogen) atoms. The molecule has 0 unspecified atom stereocenters. The van der Waals surface area contributed by atoms with E-state index in [9.17, 15) is 8.78 Å². The van der Waals surface area contributed by atoms with Crippen molar-refractivity contribution < 1.29 is 13.9 Å². The van der Waals surface area contributed by atoms with E-state index >= 15 is 0 Å². The molecule has 0 aliphatic heterocycles. The van der Waals surface area contributed by atoms with Crippen LogP contribution >= 0.6 is 11.8 Å². The molecule has 0 saturated carbocycles. The highest BCUT2D eigenvalue weighted by Gasteiger charge is 2.06. The summed E-state index contributed by atoms with van der Waals surface area (Å²) in [5.74, 6) is -0.225. The summed E-state index contributed by atoms with van der Waals surface area (Å²) in [6.45, 7) is -0.105. The lowest BCUT2D eigenvalue weighted by atomic mass is 10.2. The zero-order valence-corrected chi connectivity index (χ0v) is 7.73. The third kappa shape index (κ3) is 3.32. The molecule has 0 aliphatic rings. The standard InChI is InChI=1S/C9H10F2OS/c10-9(11)6-13-8-4-2-1-3-7(8)5-12/h1-4,9,12H,5-6H2. The van der Waals surface area contributed by atoms with Crippen molar-refractivity contribution >= 4 is 11.8 Å². The quantitative estimate of drug-likeness (QED) is 0.760. The van der Waals surface area contributed by atoms with Crippen LogP contribution in [-0.2, 0) is 6.61 Å². The van der Waals surface area contributed by atoms with Crippen LogP contribution in [0.1, 0.15) is 5.56 Å². The van der Waals surface area contributed by atoms with Crippen LogP contribution in [0, 0.1) is 0 Å². The molecule has 4 heteroatoms. The van der Waals surface area contributed by atoms with Gasteiger partial charge in [0.2, 0.25) is 6.43 Å². The number of aliphatic hydroxyl groups is 1. The first-order valence-electron chi connectivity index (χ1n) is 3.83. The molecular weight excluding hydrogens is 194 g/mol. The highest BCUT2D eigenvalue weighted by molar-refractivity contribution is 7.99. The first-order chi connectivity index (χ1) is 6.24. The molecule has 0 fully saturated rings. The summed E-state index contributed by atoms with van der Waals surface area (Å²) in [6, 6.07) is 7.01. The molecule has 0 radical (unpaired) electrons. The highest BCUT2D eigenvalue weighted by Crippen LogP contribution is 2.23. The molecule has 0 bridgehead atoms. The number of halogens is 2. The minimum atomic E-state index is -2.31. The summed E-state index contributed by atoms with van der Waals surface area (Å²) in [5, 5.41) is 8.88. The predicted octanol–water partition coefficient (Wildman–Crippen LogP) is 2.54. The zero-order valence-electron chi connectivity index (χ0n) is 6.91. The Morgan fingerprint density at radius 2 is 2.00 bits per heavy atom. The third-order valence-electron chi connectivity index (χ3n) is 1.51. The maximum absolute atomic E-state index is 11.9. The van der Waals surface area contributed by atoms with Crippen LogP contribution in [0.2, 0.25) is 0 Å². The Balaban J connectivity index is 2.64. The Morgan fingerprint density at radius 3 is 2.62 bits per heavy atom. The van der Waals surface area contributed by atoms with Gasteiger partial charge in [-0.25, -0.2) is 8.78 Å². The van der Waals surface area contributed by atoms with E-state index < -0.39 is 6.43 Å². The van der Waals surface area contributed by atoms with Gasteiger partial charge < -0.3 is 5.11 Å². The fraction of sp³-hybridized carbons (Fsp3) is 0.333. The van der Waals surface area contributed by atoms with Gasteiger partial charge in [-0.3, -0.25) is 0 Å². The van der Waals surface area contributed by atoms with Crippen LogP contribution in [0.15, 0.2) is 29.2 Å². The molecule has 0 saturated heterocycles. The largest absolute Gasteiger partial charge is 0.392 e. The van der Waals surface area contributed by atoms with Gasteiger partial charge in [0, 0.05) is 4.90 Å². The smallest absolute Gasteiger partial charge is 0.247 e. The van der Waals surface area contributed by atoms with Crippen molar-refractivity contribution in [2.75, 3.05) is 5.75 Å². The molecule has 0 spiro atoms. The number of aliphatic hydroxyl groups excluding tert-OH is 1. The fourth-order valence-corrected chi connectivity index (χ4v) is 1.73. The van der Waals surface area contributed by atoms with Gasteiger partial charge in [0.05, 0.1) is 12.4 Å². The van der Waals surface area contributed by atoms with Gasteiger partial charge in [-0.15, -0.1) is 11.8 Å². The summed E-state index contributed by atoms with van der Waals surface area (Å²) in [7, 11) is 0. The number of hydrogen-bond donors (Lipinski definition) is 1. The maximum atomic E-state index is 11.9. The van der Waals surface area contributed by atoms with Crippen LogP contribution < -0.4 is 0 Å². The second-order valence-corrected chi connectivity index (χ2v) is 3.53. The normalized spacial score (nSPS) is 10.8. The highest BCUT2D eigenvalue weighted by atomic mass is 32.2. The second kappa shape index (κ2) is 5.19. The minimum Gasteiger partial charge on any atom is -0.392 e. The maximum Gasteiger partial charge on any atom is 0.247 e. The summed E-state index contributed by atoms with van der Waals surface area (Å²) in [4.78, 5) is 0.727. The first kappa shape index (κ1) is 10.5. The summed E-state index contributed by atoms with van der Waals surface area (Å²) < 4.78 is 23.7. The molecule has 0 amide bonds. The predicted molar refractivity (Wildman–Crippen MR) is 49.1 cm³/mol. The SMILES string of the molecule is OCc1ccccc1SCC(F)F. The Kier molecular flexibility index (Phi) is 4.18. The molecule has 1 N–H and O–H groups in total. The van der Waals surface area contributed by atoms with Crippen molar-refractivity contribution in [3.8, 4) is 0 Å². The van der Waals surface area contributed by atoms with Gasteiger partial charge in [-0.05, 0) is 11.6 Å². The van der Waals surface area contributed by atoms with Crippen LogP contribution in [0.5, 0.6) is 0 Å². The van der Waals surface area contributed by atoms with Crippen LogP contribution in [0.3, 0.4) is 0 Å². The molecule has 0 aromatic heterocycles. The van der Waals surface area contributed by atoms with Crippen molar-refractivity contribution in [2.45, 2.75) is 17.9 Å². The lowest BCUT2D eigenvalue weighted by molar-refractivity contribution is 0.177. The molecule has 72 valence electrons. The topological polar surface area (TPSA) is 20.2 Å². The van der Waals surface area contributed by atoms with E-state index in [0.29, 0.717) is 5.56 Å². The average molecular weight is 204 g/mol. The van der Waals surface area contributed by atoms with E-state index in [0.717, 1.165) is 16.7 Å². The molecule has 1 rings (SSSR count). The van der Waals surface area contributed by atoms with Crippen molar-refractivity contribution in [1.29, 1.82) is 0 Å². The molecule has 0 atom stereocenters.